The van der Waals surface area contributed by atoms with Gasteiger partial charge in [0.2, 0.25) is 10.0 Å². The van der Waals surface area contributed by atoms with Crippen molar-refractivity contribution in [1.82, 2.24) is 9.62 Å². The first-order chi connectivity index (χ1) is 10.8. The van der Waals surface area contributed by atoms with E-state index in [0.717, 1.165) is 32.4 Å². The van der Waals surface area contributed by atoms with Gasteiger partial charge in [0.15, 0.2) is 0 Å². The number of sulfonamides is 1. The lowest BCUT2D eigenvalue weighted by molar-refractivity contribution is -0.384. The molecule has 8 heteroatoms. The first-order valence-corrected chi connectivity index (χ1v) is 9.25. The predicted molar refractivity (Wildman–Crippen MR) is 85.6 cm³/mol. The van der Waals surface area contributed by atoms with E-state index in [2.05, 4.69) is 5.32 Å². The minimum atomic E-state index is -3.62. The van der Waals surface area contributed by atoms with Gasteiger partial charge >= 0.3 is 0 Å². The first kappa shape index (κ1) is 16.4. The van der Waals surface area contributed by atoms with Crippen LogP contribution in [-0.2, 0) is 10.0 Å². The second-order valence-electron chi connectivity index (χ2n) is 6.60. The van der Waals surface area contributed by atoms with Gasteiger partial charge in [-0.1, -0.05) is 0 Å². The van der Waals surface area contributed by atoms with Crippen molar-refractivity contribution >= 4 is 15.7 Å². The summed E-state index contributed by atoms with van der Waals surface area (Å²) in [6, 6.07) is 5.09. The molecule has 1 spiro atoms. The molecule has 0 saturated carbocycles. The summed E-state index contributed by atoms with van der Waals surface area (Å²) in [6.07, 6.45) is 2.86. The number of benzene rings is 1. The van der Waals surface area contributed by atoms with Gasteiger partial charge in [-0.15, -0.1) is 0 Å². The third kappa shape index (κ3) is 2.98. The fraction of sp³-hybridized carbons (Fsp3) is 0.600. The maximum absolute atomic E-state index is 12.9. The predicted octanol–water partition coefficient (Wildman–Crippen LogP) is 1.75. The van der Waals surface area contributed by atoms with Gasteiger partial charge in [-0.05, 0) is 56.8 Å². The molecule has 2 heterocycles. The topological polar surface area (TPSA) is 92.6 Å². The Morgan fingerprint density at radius 2 is 1.87 bits per heavy atom. The van der Waals surface area contributed by atoms with Crippen molar-refractivity contribution in [2.24, 2.45) is 5.41 Å². The SMILES string of the molecule is CC1CC2(CCNCC2)CN1S(=O)(=O)c1ccc([N+](=O)[O-])cc1. The van der Waals surface area contributed by atoms with E-state index in [1.165, 1.54) is 24.3 Å². The maximum Gasteiger partial charge on any atom is 0.269 e. The van der Waals surface area contributed by atoms with E-state index >= 15 is 0 Å². The van der Waals surface area contributed by atoms with E-state index in [4.69, 9.17) is 0 Å². The Morgan fingerprint density at radius 1 is 1.26 bits per heavy atom. The standard InChI is InChI=1S/C15H21N3O4S/c1-12-10-15(6-8-16-9-7-15)11-17(12)23(21,22)14-4-2-13(3-5-14)18(19)20/h2-5,12,16H,6-11H2,1H3. The molecule has 2 aliphatic rings. The zero-order chi connectivity index (χ0) is 16.7. The number of hydrogen-bond acceptors (Lipinski definition) is 5. The number of nitro benzene ring substituents is 1. The highest BCUT2D eigenvalue weighted by Crippen LogP contribution is 2.43. The third-order valence-electron chi connectivity index (χ3n) is 5.03. The number of piperidine rings is 1. The zero-order valence-electron chi connectivity index (χ0n) is 13.1. The molecule has 0 radical (unpaired) electrons. The average molecular weight is 339 g/mol. The van der Waals surface area contributed by atoms with Crippen LogP contribution < -0.4 is 5.32 Å². The van der Waals surface area contributed by atoms with Crippen molar-refractivity contribution in [2.45, 2.75) is 37.1 Å². The minimum absolute atomic E-state index is 0.0479. The molecule has 0 bridgehead atoms. The van der Waals surface area contributed by atoms with Gasteiger partial charge in [0, 0.05) is 24.7 Å². The largest absolute Gasteiger partial charge is 0.317 e. The summed E-state index contributed by atoms with van der Waals surface area (Å²) in [4.78, 5) is 10.3. The summed E-state index contributed by atoms with van der Waals surface area (Å²) >= 11 is 0. The molecule has 0 aromatic heterocycles. The van der Waals surface area contributed by atoms with E-state index in [-0.39, 0.29) is 22.0 Å². The van der Waals surface area contributed by atoms with Crippen LogP contribution in [0.15, 0.2) is 29.2 Å². The summed E-state index contributed by atoms with van der Waals surface area (Å²) in [5.41, 5.74) is -0.0355. The fourth-order valence-electron chi connectivity index (χ4n) is 3.80. The normalized spacial score (nSPS) is 24.8. The molecular weight excluding hydrogens is 318 g/mol. The Bertz CT molecular complexity index is 696. The summed E-state index contributed by atoms with van der Waals surface area (Å²) in [5.74, 6) is 0. The highest BCUT2D eigenvalue weighted by atomic mass is 32.2. The third-order valence-corrected chi connectivity index (χ3v) is 7.00. The molecular formula is C15H21N3O4S. The van der Waals surface area contributed by atoms with Gasteiger partial charge in [0.05, 0.1) is 9.82 Å². The summed E-state index contributed by atoms with van der Waals surface area (Å²) in [6.45, 7) is 4.34. The number of non-ortho nitro benzene ring substituents is 1. The van der Waals surface area contributed by atoms with Gasteiger partial charge in [-0.3, -0.25) is 10.1 Å². The van der Waals surface area contributed by atoms with Crippen LogP contribution in [0.1, 0.15) is 26.2 Å². The number of nitrogens with one attached hydrogen (secondary N) is 1. The molecule has 0 aliphatic carbocycles. The summed E-state index contributed by atoms with van der Waals surface area (Å²) < 4.78 is 27.4. The highest BCUT2D eigenvalue weighted by Gasteiger charge is 2.47. The molecule has 2 aliphatic heterocycles. The molecule has 3 rings (SSSR count). The first-order valence-electron chi connectivity index (χ1n) is 7.81. The fourth-order valence-corrected chi connectivity index (χ4v) is 5.54. The van der Waals surface area contributed by atoms with E-state index in [0.29, 0.717) is 6.54 Å². The molecule has 2 fully saturated rings. The van der Waals surface area contributed by atoms with E-state index < -0.39 is 14.9 Å². The summed E-state index contributed by atoms with van der Waals surface area (Å²) in [7, 11) is -3.62. The van der Waals surface area contributed by atoms with E-state index in [1.807, 2.05) is 6.92 Å². The second kappa shape index (κ2) is 5.85. The molecule has 23 heavy (non-hydrogen) atoms. The molecule has 1 atom stereocenters. The van der Waals surface area contributed by atoms with Crippen molar-refractivity contribution in [3.8, 4) is 0 Å². The molecule has 0 amide bonds. The summed E-state index contributed by atoms with van der Waals surface area (Å²) in [5, 5.41) is 14.0. The Labute approximate surface area is 135 Å². The number of nitrogens with zero attached hydrogens (tertiary/aromatic N) is 2. The van der Waals surface area contributed by atoms with Crippen LogP contribution in [-0.4, -0.2) is 43.3 Å². The van der Waals surface area contributed by atoms with Crippen molar-refractivity contribution in [3.63, 3.8) is 0 Å². The van der Waals surface area contributed by atoms with Crippen molar-refractivity contribution in [2.75, 3.05) is 19.6 Å². The average Bonchev–Trinajstić information content (AvgIpc) is 2.85. The van der Waals surface area contributed by atoms with Gasteiger partial charge in [-0.2, -0.15) is 4.31 Å². The number of nitro groups is 1. The van der Waals surface area contributed by atoms with Crippen LogP contribution in [0.25, 0.3) is 0 Å². The van der Waals surface area contributed by atoms with E-state index in [1.54, 1.807) is 4.31 Å². The Morgan fingerprint density at radius 3 is 2.43 bits per heavy atom. The smallest absolute Gasteiger partial charge is 0.269 e. The Kier molecular flexibility index (Phi) is 4.16. The van der Waals surface area contributed by atoms with Gasteiger partial charge in [0.25, 0.3) is 5.69 Å². The van der Waals surface area contributed by atoms with Gasteiger partial charge in [0.1, 0.15) is 0 Å². The van der Waals surface area contributed by atoms with Crippen LogP contribution >= 0.6 is 0 Å². The minimum Gasteiger partial charge on any atom is -0.317 e. The maximum atomic E-state index is 12.9. The van der Waals surface area contributed by atoms with Gasteiger partial charge < -0.3 is 5.32 Å². The quantitative estimate of drug-likeness (QED) is 0.669. The lowest BCUT2D eigenvalue weighted by atomic mass is 9.77. The number of hydrogen-bond donors (Lipinski definition) is 1. The molecule has 126 valence electrons. The van der Waals surface area contributed by atoms with Crippen LogP contribution in [0.2, 0.25) is 0 Å². The zero-order valence-corrected chi connectivity index (χ0v) is 13.9. The van der Waals surface area contributed by atoms with Crippen molar-refractivity contribution < 1.29 is 13.3 Å². The van der Waals surface area contributed by atoms with Gasteiger partial charge in [-0.25, -0.2) is 8.42 Å². The molecule has 1 aromatic carbocycles. The van der Waals surface area contributed by atoms with Crippen LogP contribution in [0.5, 0.6) is 0 Å². The molecule has 1 unspecified atom stereocenters. The highest BCUT2D eigenvalue weighted by molar-refractivity contribution is 7.89. The van der Waals surface area contributed by atoms with Crippen LogP contribution in [0.3, 0.4) is 0 Å². The second-order valence-corrected chi connectivity index (χ2v) is 8.49. The van der Waals surface area contributed by atoms with Crippen LogP contribution in [0, 0.1) is 15.5 Å². The lowest BCUT2D eigenvalue weighted by Crippen LogP contribution is -2.40. The lowest BCUT2D eigenvalue weighted by Gasteiger charge is -2.33. The Hall–Kier alpha value is -1.51. The van der Waals surface area contributed by atoms with Crippen LogP contribution in [0.4, 0.5) is 5.69 Å². The molecule has 2 saturated heterocycles. The Balaban J connectivity index is 1.86. The molecule has 1 N–H and O–H groups in total. The van der Waals surface area contributed by atoms with Crippen molar-refractivity contribution in [3.05, 3.63) is 34.4 Å². The van der Waals surface area contributed by atoms with E-state index in [9.17, 15) is 18.5 Å². The monoisotopic (exact) mass is 339 g/mol. The molecule has 7 nitrogen and oxygen atoms in total. The van der Waals surface area contributed by atoms with Crippen molar-refractivity contribution in [1.29, 1.82) is 0 Å². The number of rotatable bonds is 3. The molecule has 1 aromatic rings.